The van der Waals surface area contributed by atoms with E-state index < -0.39 is 72.1 Å². The maximum atomic E-state index is 13.6. The number of phenolic OH excluding ortho intramolecular Hbond substituents is 2. The Hall–Kier alpha value is -5.18. The molecule has 0 saturated heterocycles. The van der Waals surface area contributed by atoms with Crippen molar-refractivity contribution >= 4 is 35.5 Å². The van der Waals surface area contributed by atoms with E-state index in [0.29, 0.717) is 11.1 Å². The van der Waals surface area contributed by atoms with Crippen molar-refractivity contribution in [2.75, 3.05) is 7.05 Å². The van der Waals surface area contributed by atoms with Gasteiger partial charge in [-0.15, -0.1) is 0 Å². The Labute approximate surface area is 291 Å². The molecule has 2 aromatic rings. The van der Waals surface area contributed by atoms with Crippen LogP contribution in [0.2, 0.25) is 0 Å². The van der Waals surface area contributed by atoms with Gasteiger partial charge in [-0.2, -0.15) is 0 Å². The normalized spacial score (nSPS) is 14.1. The average molecular weight is 699 g/mol. The number of hydrogen-bond donors (Lipinski definition) is 9. The first-order valence-corrected chi connectivity index (χ1v) is 16.4. The zero-order chi connectivity index (χ0) is 37.5. The molecule has 0 unspecified atom stereocenters. The molecule has 15 heteroatoms. The summed E-state index contributed by atoms with van der Waals surface area (Å²) in [5.74, 6) is -5.10. The van der Waals surface area contributed by atoms with E-state index in [-0.39, 0.29) is 49.0 Å². The maximum absolute atomic E-state index is 13.6. The molecule has 0 heterocycles. The predicted molar refractivity (Wildman–Crippen MR) is 185 cm³/mol. The molecule has 274 valence electrons. The lowest BCUT2D eigenvalue weighted by atomic mass is 9.99. The lowest BCUT2D eigenvalue weighted by Crippen LogP contribution is -2.59. The van der Waals surface area contributed by atoms with Crippen LogP contribution in [0.5, 0.6) is 11.5 Å². The number of rotatable bonds is 19. The molecule has 0 bridgehead atoms. The number of carboxylic acids is 1. The summed E-state index contributed by atoms with van der Waals surface area (Å²) in [5, 5.41) is 41.3. The Balaban J connectivity index is 2.22. The van der Waals surface area contributed by atoms with Crippen molar-refractivity contribution in [2.45, 2.75) is 90.0 Å². The highest BCUT2D eigenvalue weighted by molar-refractivity contribution is 5.97. The number of aliphatic carboxylic acids is 1. The molecule has 0 aliphatic carbocycles. The summed E-state index contributed by atoms with van der Waals surface area (Å²) in [5.41, 5.74) is 7.42. The zero-order valence-corrected chi connectivity index (χ0v) is 29.1. The van der Waals surface area contributed by atoms with E-state index in [1.807, 2.05) is 13.8 Å². The van der Waals surface area contributed by atoms with Crippen molar-refractivity contribution in [1.82, 2.24) is 26.6 Å². The number of carboxylic acid groups (broad SMARTS) is 1. The predicted octanol–water partition coefficient (Wildman–Crippen LogP) is 0.462. The third-order valence-corrected chi connectivity index (χ3v) is 7.68. The Kier molecular flexibility index (Phi) is 16.2. The number of carbonyl (C=O) groups is 6. The Morgan fingerprint density at radius 1 is 0.580 bits per heavy atom. The van der Waals surface area contributed by atoms with Crippen molar-refractivity contribution in [3.05, 3.63) is 59.7 Å². The van der Waals surface area contributed by atoms with Gasteiger partial charge in [0.25, 0.3) is 0 Å². The number of carbonyl (C=O) groups excluding carboxylic acids is 5. The molecule has 2 aromatic carbocycles. The Morgan fingerprint density at radius 3 is 1.38 bits per heavy atom. The number of likely N-dealkylation sites (N-methyl/N-ethyl adjacent to an activating group) is 1. The fraction of sp³-hybridized carbons (Fsp3) is 0.486. The minimum absolute atomic E-state index is 0.00696. The van der Waals surface area contributed by atoms with E-state index in [9.17, 15) is 44.1 Å². The molecule has 10 N–H and O–H groups in total. The quantitative estimate of drug-likeness (QED) is 0.0981. The van der Waals surface area contributed by atoms with Crippen LogP contribution in [0.15, 0.2) is 48.5 Å². The SMILES string of the molecule is CNC(=O)[C@H](Cc1ccc(O)cc1)NC(=O)[C@H](CC(=O)O)NC(=O)[C@H](CC(C)C)NC(=O)[C@H](CC(C)C)NC(=O)[C@@H](N)Cc1ccc(O)cc1. The molecular weight excluding hydrogens is 648 g/mol. The topological polar surface area (TPSA) is 249 Å². The molecule has 2 rings (SSSR count). The van der Waals surface area contributed by atoms with Gasteiger partial charge in [-0.3, -0.25) is 28.8 Å². The summed E-state index contributed by atoms with van der Waals surface area (Å²) in [7, 11) is 1.37. The second-order valence-electron chi connectivity index (χ2n) is 13.1. The fourth-order valence-electron chi connectivity index (χ4n) is 5.12. The third kappa shape index (κ3) is 14.1. The van der Waals surface area contributed by atoms with E-state index in [1.165, 1.54) is 31.3 Å². The Morgan fingerprint density at radius 2 is 0.960 bits per heavy atom. The maximum Gasteiger partial charge on any atom is 0.305 e. The minimum Gasteiger partial charge on any atom is -0.508 e. The second kappa shape index (κ2) is 19.7. The van der Waals surface area contributed by atoms with Crippen molar-refractivity contribution in [3.8, 4) is 11.5 Å². The first-order chi connectivity index (χ1) is 23.5. The fourth-order valence-corrected chi connectivity index (χ4v) is 5.12. The van der Waals surface area contributed by atoms with Gasteiger partial charge in [-0.25, -0.2) is 0 Å². The number of phenols is 2. The molecule has 0 radical (unpaired) electrons. The molecular formula is C35H50N6O9. The highest BCUT2D eigenvalue weighted by Gasteiger charge is 2.33. The van der Waals surface area contributed by atoms with Crippen molar-refractivity contribution in [3.63, 3.8) is 0 Å². The zero-order valence-electron chi connectivity index (χ0n) is 29.1. The first-order valence-electron chi connectivity index (χ1n) is 16.4. The van der Waals surface area contributed by atoms with E-state index in [2.05, 4.69) is 26.6 Å². The van der Waals surface area contributed by atoms with Gasteiger partial charge in [-0.1, -0.05) is 52.0 Å². The van der Waals surface area contributed by atoms with Gasteiger partial charge in [0.05, 0.1) is 12.5 Å². The number of nitrogens with two attached hydrogens (primary N) is 1. The van der Waals surface area contributed by atoms with Crippen molar-refractivity contribution in [2.24, 2.45) is 17.6 Å². The molecule has 0 saturated carbocycles. The molecule has 0 spiro atoms. The van der Waals surface area contributed by atoms with Crippen LogP contribution in [0.25, 0.3) is 0 Å². The molecule has 0 aliphatic rings. The van der Waals surface area contributed by atoms with Crippen LogP contribution in [0.3, 0.4) is 0 Å². The van der Waals surface area contributed by atoms with Crippen LogP contribution in [-0.2, 0) is 41.6 Å². The average Bonchev–Trinajstić information content (AvgIpc) is 3.04. The number of amides is 5. The first kappa shape index (κ1) is 41.0. The van der Waals surface area contributed by atoms with Crippen LogP contribution < -0.4 is 32.3 Å². The van der Waals surface area contributed by atoms with Crippen LogP contribution in [0.4, 0.5) is 0 Å². The lowest BCUT2D eigenvalue weighted by molar-refractivity contribution is -0.141. The highest BCUT2D eigenvalue weighted by Crippen LogP contribution is 2.14. The van der Waals surface area contributed by atoms with Gasteiger partial charge in [0, 0.05) is 13.5 Å². The van der Waals surface area contributed by atoms with E-state index >= 15 is 0 Å². The minimum atomic E-state index is -1.61. The van der Waals surface area contributed by atoms with E-state index in [1.54, 1.807) is 38.1 Å². The number of aromatic hydroxyl groups is 2. The molecule has 0 aliphatic heterocycles. The third-order valence-electron chi connectivity index (χ3n) is 7.68. The van der Waals surface area contributed by atoms with Gasteiger partial charge in [0.15, 0.2) is 0 Å². The van der Waals surface area contributed by atoms with Gasteiger partial charge < -0.3 is 47.6 Å². The second-order valence-corrected chi connectivity index (χ2v) is 13.1. The standard InChI is InChI=1S/C35H50N6O9/c1-19(2)14-26(38-31(46)25(36)16-21-6-10-23(42)11-7-21)33(48)39-27(15-20(3)4)34(49)41-29(18-30(44)45)35(50)40-28(32(47)37-5)17-22-8-12-24(43)13-9-22/h6-13,19-20,25-29,42-43H,14-18,36H2,1-5H3,(H,37,47)(H,38,46)(H,39,48)(H,40,50)(H,41,49)(H,44,45)/t25-,26-,27-,28-,29-/m0/s1. The van der Waals surface area contributed by atoms with Gasteiger partial charge in [0.1, 0.15) is 35.7 Å². The van der Waals surface area contributed by atoms with Crippen LogP contribution in [0.1, 0.15) is 58.1 Å². The molecule has 0 aromatic heterocycles. The summed E-state index contributed by atoms with van der Waals surface area (Å²) >= 11 is 0. The number of nitrogens with one attached hydrogen (secondary N) is 5. The number of hydrogen-bond acceptors (Lipinski definition) is 9. The lowest BCUT2D eigenvalue weighted by Gasteiger charge is -2.27. The summed E-state index contributed by atoms with van der Waals surface area (Å²) < 4.78 is 0. The molecule has 50 heavy (non-hydrogen) atoms. The summed E-state index contributed by atoms with van der Waals surface area (Å²) in [6, 6.07) is 6.10. The number of benzene rings is 2. The van der Waals surface area contributed by atoms with E-state index in [4.69, 9.17) is 5.73 Å². The van der Waals surface area contributed by atoms with Crippen LogP contribution in [0, 0.1) is 11.8 Å². The largest absolute Gasteiger partial charge is 0.508 e. The van der Waals surface area contributed by atoms with Crippen molar-refractivity contribution < 1.29 is 44.1 Å². The Bertz CT molecular complexity index is 1460. The molecule has 0 fully saturated rings. The smallest absolute Gasteiger partial charge is 0.305 e. The molecule has 15 nitrogen and oxygen atoms in total. The van der Waals surface area contributed by atoms with Gasteiger partial charge in [0.2, 0.25) is 29.5 Å². The van der Waals surface area contributed by atoms with Gasteiger partial charge >= 0.3 is 5.97 Å². The highest BCUT2D eigenvalue weighted by atomic mass is 16.4. The molecule has 5 atom stereocenters. The summed E-state index contributed by atoms with van der Waals surface area (Å²) in [6.45, 7) is 7.32. The van der Waals surface area contributed by atoms with Gasteiger partial charge in [-0.05, 0) is 66.5 Å². The molecule has 5 amide bonds. The summed E-state index contributed by atoms with van der Waals surface area (Å²) in [4.78, 5) is 77.9. The van der Waals surface area contributed by atoms with E-state index in [0.717, 1.165) is 0 Å². The summed E-state index contributed by atoms with van der Waals surface area (Å²) in [6.07, 6.45) is -0.338. The van der Waals surface area contributed by atoms with Crippen molar-refractivity contribution in [1.29, 1.82) is 0 Å². The van der Waals surface area contributed by atoms with Crippen LogP contribution in [-0.4, -0.2) is 88.1 Å². The monoisotopic (exact) mass is 698 g/mol. The van der Waals surface area contributed by atoms with Crippen LogP contribution >= 0.6 is 0 Å².